The molecular formula is C15H22N2O6S2. The molecule has 10 heteroatoms. The van der Waals surface area contributed by atoms with E-state index in [2.05, 4.69) is 0 Å². The second-order valence-electron chi connectivity index (χ2n) is 5.75. The number of sulfonamides is 2. The summed E-state index contributed by atoms with van der Waals surface area (Å²) in [6.07, 6.45) is 0.242. The zero-order valence-corrected chi connectivity index (χ0v) is 15.8. The molecule has 25 heavy (non-hydrogen) atoms. The summed E-state index contributed by atoms with van der Waals surface area (Å²) in [6.45, 7) is 3.97. The van der Waals surface area contributed by atoms with E-state index in [9.17, 15) is 21.6 Å². The number of carboxylic acids is 1. The van der Waals surface area contributed by atoms with Crippen molar-refractivity contribution in [1.82, 2.24) is 8.61 Å². The van der Waals surface area contributed by atoms with E-state index in [1.807, 2.05) is 0 Å². The maximum atomic E-state index is 12.7. The van der Waals surface area contributed by atoms with Crippen LogP contribution in [-0.2, 0) is 24.8 Å². The van der Waals surface area contributed by atoms with Crippen LogP contribution in [0.15, 0.2) is 34.1 Å². The summed E-state index contributed by atoms with van der Waals surface area (Å²) in [6, 6.07) is 5.20. The third kappa shape index (κ3) is 3.86. The lowest BCUT2D eigenvalue weighted by atomic mass is 10.1. The fourth-order valence-corrected chi connectivity index (χ4v) is 5.93. The maximum absolute atomic E-state index is 12.7. The molecule has 8 nitrogen and oxygen atoms in total. The molecule has 1 aromatic rings. The zero-order chi connectivity index (χ0) is 18.8. The average molecular weight is 390 g/mol. The van der Waals surface area contributed by atoms with Crippen molar-refractivity contribution in [3.05, 3.63) is 24.3 Å². The summed E-state index contributed by atoms with van der Waals surface area (Å²) >= 11 is 0. The quantitative estimate of drug-likeness (QED) is 0.737. The molecule has 1 aliphatic heterocycles. The molecule has 0 spiro atoms. The Morgan fingerprint density at radius 1 is 1.20 bits per heavy atom. The van der Waals surface area contributed by atoms with E-state index in [1.165, 1.54) is 22.5 Å². The lowest BCUT2D eigenvalue weighted by Gasteiger charge is -2.20. The maximum Gasteiger partial charge on any atom is 0.307 e. The van der Waals surface area contributed by atoms with Gasteiger partial charge in [0.05, 0.1) is 15.7 Å². The molecule has 1 aliphatic rings. The average Bonchev–Trinajstić information content (AvgIpc) is 3.07. The number of aliphatic carboxylic acids is 1. The van der Waals surface area contributed by atoms with Gasteiger partial charge < -0.3 is 5.11 Å². The predicted octanol–water partition coefficient (Wildman–Crippen LogP) is 0.812. The first-order chi connectivity index (χ1) is 11.6. The van der Waals surface area contributed by atoms with Crippen LogP contribution in [0.1, 0.15) is 20.3 Å². The Labute approximate surface area is 148 Å². The van der Waals surface area contributed by atoms with Crippen LogP contribution in [0.5, 0.6) is 0 Å². The predicted molar refractivity (Wildman–Crippen MR) is 91.1 cm³/mol. The van der Waals surface area contributed by atoms with Gasteiger partial charge in [-0.15, -0.1) is 0 Å². The molecular weight excluding hydrogens is 368 g/mol. The van der Waals surface area contributed by atoms with Crippen molar-refractivity contribution in [3.8, 4) is 0 Å². The van der Waals surface area contributed by atoms with E-state index in [4.69, 9.17) is 5.11 Å². The topological polar surface area (TPSA) is 112 Å². The Morgan fingerprint density at radius 3 is 2.32 bits per heavy atom. The van der Waals surface area contributed by atoms with Gasteiger partial charge in [-0.2, -0.15) is 8.61 Å². The summed E-state index contributed by atoms with van der Waals surface area (Å²) < 4.78 is 52.9. The minimum absolute atomic E-state index is 0.0914. The largest absolute Gasteiger partial charge is 0.481 e. The van der Waals surface area contributed by atoms with Crippen molar-refractivity contribution in [3.63, 3.8) is 0 Å². The van der Waals surface area contributed by atoms with E-state index < -0.39 is 31.9 Å². The van der Waals surface area contributed by atoms with Crippen LogP contribution in [0.25, 0.3) is 0 Å². The standard InChI is InChI=1S/C15H22N2O6S2/c1-3-16(4-2)24(20,21)13-6-5-7-14(10-13)25(22,23)17-9-8-12(11-17)15(18)19/h5-7,10,12H,3-4,8-9,11H2,1-2H3,(H,18,19). The second-order valence-corrected chi connectivity index (χ2v) is 9.63. The van der Waals surface area contributed by atoms with Gasteiger partial charge >= 0.3 is 5.97 Å². The minimum Gasteiger partial charge on any atom is -0.481 e. The van der Waals surface area contributed by atoms with Crippen molar-refractivity contribution in [2.45, 2.75) is 30.1 Å². The molecule has 0 radical (unpaired) electrons. The van der Waals surface area contributed by atoms with Crippen LogP contribution in [-0.4, -0.2) is 62.7 Å². The molecule has 2 rings (SSSR count). The summed E-state index contributed by atoms with van der Waals surface area (Å²) in [5, 5.41) is 9.03. The molecule has 1 aromatic carbocycles. The molecule has 1 atom stereocenters. The van der Waals surface area contributed by atoms with Gasteiger partial charge in [0.15, 0.2) is 0 Å². The molecule has 1 N–H and O–H groups in total. The lowest BCUT2D eigenvalue weighted by molar-refractivity contribution is -0.141. The molecule has 1 saturated heterocycles. The van der Waals surface area contributed by atoms with Gasteiger partial charge in [0.1, 0.15) is 0 Å². The van der Waals surface area contributed by atoms with Crippen LogP contribution < -0.4 is 0 Å². The molecule has 1 heterocycles. The Hall–Kier alpha value is -1.49. The van der Waals surface area contributed by atoms with Crippen LogP contribution in [0.2, 0.25) is 0 Å². The van der Waals surface area contributed by atoms with Crippen LogP contribution >= 0.6 is 0 Å². The number of carboxylic acid groups (broad SMARTS) is 1. The van der Waals surface area contributed by atoms with Crippen LogP contribution in [0.4, 0.5) is 0 Å². The first-order valence-electron chi connectivity index (χ1n) is 7.97. The molecule has 1 unspecified atom stereocenters. The highest BCUT2D eigenvalue weighted by Crippen LogP contribution is 2.26. The molecule has 0 aromatic heterocycles. The number of rotatable bonds is 7. The molecule has 1 fully saturated rings. The number of benzene rings is 1. The van der Waals surface area contributed by atoms with E-state index in [-0.39, 0.29) is 42.4 Å². The normalized spacial score (nSPS) is 19.4. The SMILES string of the molecule is CCN(CC)S(=O)(=O)c1cccc(S(=O)(=O)N2CCC(C(=O)O)C2)c1. The van der Waals surface area contributed by atoms with Crippen molar-refractivity contribution in [2.75, 3.05) is 26.2 Å². The van der Waals surface area contributed by atoms with E-state index in [1.54, 1.807) is 13.8 Å². The van der Waals surface area contributed by atoms with Gasteiger partial charge in [0, 0.05) is 26.2 Å². The Bertz CT molecular complexity index is 847. The van der Waals surface area contributed by atoms with E-state index in [0.717, 1.165) is 10.4 Å². The first-order valence-corrected chi connectivity index (χ1v) is 10.9. The van der Waals surface area contributed by atoms with Gasteiger partial charge in [0.2, 0.25) is 20.0 Å². The highest BCUT2D eigenvalue weighted by atomic mass is 32.2. The molecule has 0 bridgehead atoms. The fourth-order valence-electron chi connectivity index (χ4n) is 2.80. The summed E-state index contributed by atoms with van der Waals surface area (Å²) in [5.74, 6) is -1.77. The van der Waals surface area contributed by atoms with E-state index >= 15 is 0 Å². The summed E-state index contributed by atoms with van der Waals surface area (Å²) in [4.78, 5) is 10.8. The van der Waals surface area contributed by atoms with Crippen LogP contribution in [0.3, 0.4) is 0 Å². The smallest absolute Gasteiger partial charge is 0.307 e. The van der Waals surface area contributed by atoms with Gasteiger partial charge in [0.25, 0.3) is 0 Å². The number of nitrogens with zero attached hydrogens (tertiary/aromatic N) is 2. The number of hydrogen-bond acceptors (Lipinski definition) is 5. The van der Waals surface area contributed by atoms with Crippen molar-refractivity contribution in [1.29, 1.82) is 0 Å². The monoisotopic (exact) mass is 390 g/mol. The number of hydrogen-bond donors (Lipinski definition) is 1. The Kier molecular flexibility index (Phi) is 5.87. The van der Waals surface area contributed by atoms with Crippen molar-refractivity contribution < 1.29 is 26.7 Å². The van der Waals surface area contributed by atoms with Crippen molar-refractivity contribution >= 4 is 26.0 Å². The zero-order valence-electron chi connectivity index (χ0n) is 14.1. The highest BCUT2D eigenvalue weighted by molar-refractivity contribution is 7.90. The minimum atomic E-state index is -3.94. The second kappa shape index (κ2) is 7.40. The first kappa shape index (κ1) is 19.8. The number of carbonyl (C=O) groups is 1. The van der Waals surface area contributed by atoms with E-state index in [0.29, 0.717) is 0 Å². The highest BCUT2D eigenvalue weighted by Gasteiger charge is 2.36. The molecule has 0 aliphatic carbocycles. The van der Waals surface area contributed by atoms with Gasteiger partial charge in [-0.1, -0.05) is 19.9 Å². The third-order valence-corrected chi connectivity index (χ3v) is 8.19. The lowest BCUT2D eigenvalue weighted by Crippen LogP contribution is -2.32. The molecule has 0 amide bonds. The summed E-state index contributed by atoms with van der Waals surface area (Å²) in [5.41, 5.74) is 0. The van der Waals surface area contributed by atoms with Gasteiger partial charge in [-0.25, -0.2) is 16.8 Å². The van der Waals surface area contributed by atoms with Crippen molar-refractivity contribution in [2.24, 2.45) is 5.92 Å². The molecule has 140 valence electrons. The van der Waals surface area contributed by atoms with Gasteiger partial charge in [-0.3, -0.25) is 4.79 Å². The molecule has 0 saturated carbocycles. The fraction of sp³-hybridized carbons (Fsp3) is 0.533. The van der Waals surface area contributed by atoms with Crippen LogP contribution in [0, 0.1) is 5.92 Å². The third-order valence-electron chi connectivity index (χ3n) is 4.29. The Balaban J connectivity index is 2.37. The summed E-state index contributed by atoms with van der Waals surface area (Å²) in [7, 11) is -7.72. The Morgan fingerprint density at radius 2 is 1.80 bits per heavy atom. The van der Waals surface area contributed by atoms with Gasteiger partial charge in [-0.05, 0) is 24.6 Å².